The van der Waals surface area contributed by atoms with Crippen LogP contribution in [-0.2, 0) is 6.61 Å². The minimum atomic E-state index is -0.287. The van der Waals surface area contributed by atoms with Gasteiger partial charge in [-0.25, -0.2) is 0 Å². The van der Waals surface area contributed by atoms with Gasteiger partial charge < -0.3 is 19.7 Å². The summed E-state index contributed by atoms with van der Waals surface area (Å²) in [6.07, 6.45) is 2.10. The third kappa shape index (κ3) is 5.46. The number of carbonyl (C=O) groups excluding carboxylic acids is 2. The Morgan fingerprint density at radius 2 is 1.64 bits per heavy atom. The Morgan fingerprint density at radius 3 is 2.33 bits per heavy atom. The lowest BCUT2D eigenvalue weighted by molar-refractivity contribution is 0.0792. The summed E-state index contributed by atoms with van der Waals surface area (Å²) in [6, 6.07) is 19.4. The molecule has 1 fully saturated rings. The zero-order chi connectivity index (χ0) is 23.2. The van der Waals surface area contributed by atoms with Crippen LogP contribution in [-0.4, -0.2) is 36.9 Å². The molecule has 0 saturated carbocycles. The second-order valence-electron chi connectivity index (χ2n) is 7.78. The third-order valence-electron chi connectivity index (χ3n) is 5.55. The number of hydrogen-bond donors (Lipinski definition) is 1. The number of carbonyl (C=O) groups is 2. The van der Waals surface area contributed by atoms with Crippen molar-refractivity contribution in [2.24, 2.45) is 0 Å². The Bertz CT molecular complexity index is 1140. The first-order valence-corrected chi connectivity index (χ1v) is 11.2. The Hall–Kier alpha value is -3.51. The highest BCUT2D eigenvalue weighted by molar-refractivity contribution is 6.31. The van der Waals surface area contributed by atoms with Crippen molar-refractivity contribution < 1.29 is 19.1 Å². The normalized spacial score (nSPS) is 13.0. The van der Waals surface area contributed by atoms with Crippen molar-refractivity contribution in [3.05, 3.63) is 88.4 Å². The zero-order valence-corrected chi connectivity index (χ0v) is 19.1. The Morgan fingerprint density at radius 1 is 0.939 bits per heavy atom. The Balaban J connectivity index is 1.40. The van der Waals surface area contributed by atoms with Gasteiger partial charge in [0.05, 0.1) is 7.11 Å². The van der Waals surface area contributed by atoms with Gasteiger partial charge in [0.25, 0.3) is 11.8 Å². The Labute approximate surface area is 198 Å². The van der Waals surface area contributed by atoms with E-state index < -0.39 is 0 Å². The lowest BCUT2D eigenvalue weighted by Gasteiger charge is -2.15. The monoisotopic (exact) mass is 464 g/mol. The molecular formula is C26H25ClN2O4. The van der Waals surface area contributed by atoms with Gasteiger partial charge in [-0.1, -0.05) is 29.8 Å². The molecular weight excluding hydrogens is 440 g/mol. The predicted molar refractivity (Wildman–Crippen MR) is 128 cm³/mol. The summed E-state index contributed by atoms with van der Waals surface area (Å²) < 4.78 is 11.3. The van der Waals surface area contributed by atoms with Crippen LogP contribution >= 0.6 is 11.6 Å². The summed E-state index contributed by atoms with van der Waals surface area (Å²) >= 11 is 6.18. The number of halogens is 1. The minimum Gasteiger partial charge on any atom is -0.493 e. The summed E-state index contributed by atoms with van der Waals surface area (Å²) in [5, 5.41) is 3.48. The zero-order valence-electron chi connectivity index (χ0n) is 18.3. The lowest BCUT2D eigenvalue weighted by Crippen LogP contribution is -2.27. The second kappa shape index (κ2) is 10.4. The van der Waals surface area contributed by atoms with Crippen molar-refractivity contribution in [2.45, 2.75) is 19.4 Å². The molecule has 4 rings (SSSR count). The topological polar surface area (TPSA) is 67.9 Å². The average molecular weight is 465 g/mol. The number of methoxy groups -OCH3 is 1. The van der Waals surface area contributed by atoms with E-state index in [2.05, 4.69) is 5.32 Å². The van der Waals surface area contributed by atoms with Gasteiger partial charge in [-0.15, -0.1) is 0 Å². The number of hydrogen-bond acceptors (Lipinski definition) is 4. The summed E-state index contributed by atoms with van der Waals surface area (Å²) in [5.74, 6) is 0.701. The van der Waals surface area contributed by atoms with Gasteiger partial charge in [0, 0.05) is 40.5 Å². The van der Waals surface area contributed by atoms with E-state index in [4.69, 9.17) is 21.1 Å². The molecule has 0 bridgehead atoms. The molecule has 1 heterocycles. The van der Waals surface area contributed by atoms with Crippen LogP contribution in [0.25, 0.3) is 0 Å². The predicted octanol–water partition coefficient (Wildman–Crippen LogP) is 5.42. The molecule has 1 aliphatic rings. The quantitative estimate of drug-likeness (QED) is 0.507. The van der Waals surface area contributed by atoms with E-state index in [-0.39, 0.29) is 18.4 Å². The van der Waals surface area contributed by atoms with Gasteiger partial charge in [0.1, 0.15) is 6.61 Å². The second-order valence-corrected chi connectivity index (χ2v) is 8.18. The summed E-state index contributed by atoms with van der Waals surface area (Å²) in [4.78, 5) is 27.1. The molecule has 6 nitrogen and oxygen atoms in total. The molecule has 0 atom stereocenters. The average Bonchev–Trinajstić information content (AvgIpc) is 3.38. The summed E-state index contributed by atoms with van der Waals surface area (Å²) in [6.45, 7) is 1.89. The smallest absolute Gasteiger partial charge is 0.255 e. The van der Waals surface area contributed by atoms with Crippen LogP contribution in [0.2, 0.25) is 5.02 Å². The molecule has 1 saturated heterocycles. The first-order valence-electron chi connectivity index (χ1n) is 10.8. The molecule has 33 heavy (non-hydrogen) atoms. The van der Waals surface area contributed by atoms with Crippen molar-refractivity contribution in [3.63, 3.8) is 0 Å². The highest BCUT2D eigenvalue weighted by atomic mass is 35.5. The molecule has 2 amide bonds. The first-order chi connectivity index (χ1) is 16.0. The molecule has 1 N–H and O–H groups in total. The van der Waals surface area contributed by atoms with Crippen LogP contribution in [0.1, 0.15) is 39.1 Å². The molecule has 3 aromatic carbocycles. The molecule has 0 unspecified atom stereocenters. The van der Waals surface area contributed by atoms with Crippen molar-refractivity contribution in [1.82, 2.24) is 4.90 Å². The fourth-order valence-electron chi connectivity index (χ4n) is 3.70. The maximum Gasteiger partial charge on any atom is 0.255 e. The van der Waals surface area contributed by atoms with Crippen LogP contribution in [0.5, 0.6) is 11.5 Å². The molecule has 1 aliphatic heterocycles. The molecule has 7 heteroatoms. The molecule has 3 aromatic rings. The van der Waals surface area contributed by atoms with Crippen LogP contribution in [0.15, 0.2) is 66.7 Å². The van der Waals surface area contributed by atoms with Crippen molar-refractivity contribution in [3.8, 4) is 11.5 Å². The lowest BCUT2D eigenvalue weighted by atomic mass is 10.1. The number of ether oxygens (including phenoxy) is 2. The first kappa shape index (κ1) is 22.7. The van der Waals surface area contributed by atoms with Crippen LogP contribution < -0.4 is 14.8 Å². The highest BCUT2D eigenvalue weighted by Crippen LogP contribution is 2.30. The Kier molecular flexibility index (Phi) is 7.15. The van der Waals surface area contributed by atoms with E-state index in [1.807, 2.05) is 23.1 Å². The fraction of sp³-hybridized carbons (Fsp3) is 0.231. The molecule has 170 valence electrons. The molecule has 0 aromatic heterocycles. The number of benzene rings is 3. The molecule has 0 aliphatic carbocycles. The largest absolute Gasteiger partial charge is 0.493 e. The number of nitrogens with one attached hydrogen (secondary N) is 1. The van der Waals surface area contributed by atoms with E-state index >= 15 is 0 Å². The number of amides is 2. The van der Waals surface area contributed by atoms with Crippen LogP contribution in [0.3, 0.4) is 0 Å². The SMILES string of the molecule is COc1cc(C(=O)Nc2ccc(C(=O)N3CCCC3)cc2)ccc1OCc1ccccc1Cl. The number of rotatable bonds is 7. The van der Waals surface area contributed by atoms with Gasteiger partial charge in [0.2, 0.25) is 0 Å². The van der Waals surface area contributed by atoms with Crippen molar-refractivity contribution in [1.29, 1.82) is 0 Å². The van der Waals surface area contributed by atoms with Gasteiger partial charge in [0.15, 0.2) is 11.5 Å². The van der Waals surface area contributed by atoms with E-state index in [9.17, 15) is 9.59 Å². The fourth-order valence-corrected chi connectivity index (χ4v) is 3.89. The van der Waals surface area contributed by atoms with E-state index in [1.54, 1.807) is 48.5 Å². The van der Waals surface area contributed by atoms with Gasteiger partial charge >= 0.3 is 0 Å². The van der Waals surface area contributed by atoms with Crippen molar-refractivity contribution in [2.75, 3.05) is 25.5 Å². The standard InChI is InChI=1S/C26H25ClN2O4/c1-32-24-16-19(10-13-23(24)33-17-20-6-2-3-7-22(20)27)25(30)28-21-11-8-18(9-12-21)26(31)29-14-4-5-15-29/h2-3,6-13,16H,4-5,14-15,17H2,1H3,(H,28,30). The summed E-state index contributed by atoms with van der Waals surface area (Å²) in [5.41, 5.74) is 2.51. The van der Waals surface area contributed by atoms with Gasteiger partial charge in [-0.3, -0.25) is 9.59 Å². The number of anilines is 1. The van der Waals surface area contributed by atoms with E-state index in [1.165, 1.54) is 7.11 Å². The van der Waals surface area contributed by atoms with Crippen LogP contribution in [0, 0.1) is 0 Å². The van der Waals surface area contributed by atoms with Crippen molar-refractivity contribution >= 4 is 29.1 Å². The number of likely N-dealkylation sites (tertiary alicyclic amines) is 1. The third-order valence-corrected chi connectivity index (χ3v) is 5.92. The maximum atomic E-state index is 12.7. The minimum absolute atomic E-state index is 0.0301. The van der Waals surface area contributed by atoms with E-state index in [0.29, 0.717) is 33.3 Å². The summed E-state index contributed by atoms with van der Waals surface area (Å²) in [7, 11) is 1.52. The maximum absolute atomic E-state index is 12.7. The van der Waals surface area contributed by atoms with Crippen LogP contribution in [0.4, 0.5) is 5.69 Å². The highest BCUT2D eigenvalue weighted by Gasteiger charge is 2.19. The van der Waals surface area contributed by atoms with Gasteiger partial charge in [-0.2, -0.15) is 0 Å². The van der Waals surface area contributed by atoms with Gasteiger partial charge in [-0.05, 0) is 61.4 Å². The molecule has 0 radical (unpaired) electrons. The number of nitrogens with zero attached hydrogens (tertiary/aromatic N) is 1. The van der Waals surface area contributed by atoms with E-state index in [0.717, 1.165) is 31.5 Å². The molecule has 0 spiro atoms.